The van der Waals surface area contributed by atoms with Gasteiger partial charge in [0.15, 0.2) is 0 Å². The van der Waals surface area contributed by atoms with Crippen LogP contribution in [0.3, 0.4) is 0 Å². The number of benzene rings is 2. The molecule has 0 heterocycles. The molecular weight excluding hydrogens is 262 g/mol. The minimum Gasteiger partial charge on any atom is -0.478 e. The summed E-state index contributed by atoms with van der Waals surface area (Å²) >= 11 is 0. The van der Waals surface area contributed by atoms with E-state index in [1.807, 2.05) is 36.4 Å². The molecule has 2 aromatic rings. The first-order chi connectivity index (χ1) is 10.1. The van der Waals surface area contributed by atoms with E-state index in [0.29, 0.717) is 5.56 Å². The molecule has 2 rings (SSSR count). The Labute approximate surface area is 124 Å². The van der Waals surface area contributed by atoms with Gasteiger partial charge in [0.2, 0.25) is 0 Å². The lowest BCUT2D eigenvalue weighted by molar-refractivity contribution is 0.0696. The Morgan fingerprint density at radius 2 is 1.95 bits per heavy atom. The van der Waals surface area contributed by atoms with Gasteiger partial charge in [0.25, 0.3) is 0 Å². The summed E-state index contributed by atoms with van der Waals surface area (Å²) in [6.45, 7) is 1.80. The van der Waals surface area contributed by atoms with Crippen LogP contribution in [0.4, 0.5) is 0 Å². The number of hydrogen-bond donors (Lipinski definition) is 2. The fraction of sp³-hybridized carbons (Fsp3) is 0.167. The predicted octanol–water partition coefficient (Wildman–Crippen LogP) is 3.28. The molecule has 0 amide bonds. The zero-order valence-electron chi connectivity index (χ0n) is 12.0. The normalized spacial score (nSPS) is 12.5. The molecule has 0 radical (unpaired) electrons. The molecule has 2 aromatic carbocycles. The Bertz CT molecular complexity index is 648. The third-order valence-electron chi connectivity index (χ3n) is 3.33. The molecule has 3 heteroatoms. The summed E-state index contributed by atoms with van der Waals surface area (Å²) in [6, 6.07) is 15.3. The van der Waals surface area contributed by atoms with E-state index >= 15 is 0 Å². The van der Waals surface area contributed by atoms with E-state index in [4.69, 9.17) is 10.8 Å². The summed E-state index contributed by atoms with van der Waals surface area (Å²) in [5.74, 6) is -0.899. The number of carboxylic acid groups (broad SMARTS) is 1. The van der Waals surface area contributed by atoms with Crippen molar-refractivity contribution >= 4 is 12.0 Å². The number of nitrogens with two attached hydrogens (primary N) is 1. The standard InChI is InChI=1S/C18H19NO2/c1-13-11-15(8-10-17(13)18(20)21)7-9-16(19)12-14-5-3-2-4-6-14/h2-11,16H,12,19H2,1H3,(H,20,21)/t16-/m1/s1. The first-order valence-electron chi connectivity index (χ1n) is 6.88. The Balaban J connectivity index is 2.04. The fourth-order valence-corrected chi connectivity index (χ4v) is 2.22. The van der Waals surface area contributed by atoms with E-state index < -0.39 is 5.97 Å². The Kier molecular flexibility index (Phi) is 4.90. The van der Waals surface area contributed by atoms with Gasteiger partial charge in [-0.05, 0) is 36.1 Å². The van der Waals surface area contributed by atoms with Gasteiger partial charge in [0.05, 0.1) is 5.56 Å². The molecule has 108 valence electrons. The molecule has 3 nitrogen and oxygen atoms in total. The third-order valence-corrected chi connectivity index (χ3v) is 3.33. The number of hydrogen-bond acceptors (Lipinski definition) is 2. The van der Waals surface area contributed by atoms with Crippen molar-refractivity contribution in [3.63, 3.8) is 0 Å². The van der Waals surface area contributed by atoms with Gasteiger partial charge in [-0.25, -0.2) is 4.79 Å². The maximum absolute atomic E-state index is 11.0. The van der Waals surface area contributed by atoms with Gasteiger partial charge in [0.1, 0.15) is 0 Å². The second-order valence-corrected chi connectivity index (χ2v) is 5.09. The van der Waals surface area contributed by atoms with Gasteiger partial charge in [-0.1, -0.05) is 54.6 Å². The van der Waals surface area contributed by atoms with E-state index in [1.54, 1.807) is 19.1 Å². The second kappa shape index (κ2) is 6.86. The highest BCUT2D eigenvalue weighted by molar-refractivity contribution is 5.89. The van der Waals surface area contributed by atoms with Crippen LogP contribution in [0.25, 0.3) is 6.08 Å². The van der Waals surface area contributed by atoms with E-state index in [9.17, 15) is 4.79 Å². The van der Waals surface area contributed by atoms with Crippen LogP contribution < -0.4 is 5.73 Å². The molecule has 3 N–H and O–H groups in total. The van der Waals surface area contributed by atoms with Gasteiger partial charge in [-0.2, -0.15) is 0 Å². The van der Waals surface area contributed by atoms with Crippen LogP contribution in [-0.4, -0.2) is 17.1 Å². The molecule has 0 unspecified atom stereocenters. The number of carboxylic acids is 1. The molecule has 1 atom stereocenters. The zero-order chi connectivity index (χ0) is 15.2. The van der Waals surface area contributed by atoms with Crippen LogP contribution in [0.1, 0.15) is 27.0 Å². The molecule has 0 aromatic heterocycles. The Morgan fingerprint density at radius 1 is 1.24 bits per heavy atom. The van der Waals surface area contributed by atoms with Gasteiger partial charge in [0, 0.05) is 6.04 Å². The fourth-order valence-electron chi connectivity index (χ4n) is 2.22. The van der Waals surface area contributed by atoms with Gasteiger partial charge in [-0.15, -0.1) is 0 Å². The highest BCUT2D eigenvalue weighted by atomic mass is 16.4. The number of aryl methyl sites for hydroxylation is 1. The smallest absolute Gasteiger partial charge is 0.335 e. The molecular formula is C18H19NO2. The lowest BCUT2D eigenvalue weighted by Gasteiger charge is -2.07. The van der Waals surface area contributed by atoms with Crippen molar-refractivity contribution in [3.8, 4) is 0 Å². The maximum atomic E-state index is 11.0. The van der Waals surface area contributed by atoms with Crippen molar-refractivity contribution in [2.45, 2.75) is 19.4 Å². The van der Waals surface area contributed by atoms with Crippen molar-refractivity contribution in [2.24, 2.45) is 5.73 Å². The summed E-state index contributed by atoms with van der Waals surface area (Å²) in [5, 5.41) is 9.00. The second-order valence-electron chi connectivity index (χ2n) is 5.09. The average molecular weight is 281 g/mol. The first-order valence-corrected chi connectivity index (χ1v) is 6.88. The highest BCUT2D eigenvalue weighted by Gasteiger charge is 2.06. The van der Waals surface area contributed by atoms with E-state index in [0.717, 1.165) is 17.5 Å². The van der Waals surface area contributed by atoms with Gasteiger partial charge in [-0.3, -0.25) is 0 Å². The highest BCUT2D eigenvalue weighted by Crippen LogP contribution is 2.13. The minimum absolute atomic E-state index is 0.0631. The first kappa shape index (κ1) is 15.0. The molecule has 0 saturated heterocycles. The predicted molar refractivity (Wildman–Crippen MR) is 85.3 cm³/mol. The van der Waals surface area contributed by atoms with E-state index in [1.165, 1.54) is 5.56 Å². The van der Waals surface area contributed by atoms with E-state index in [2.05, 4.69) is 12.1 Å². The topological polar surface area (TPSA) is 63.3 Å². The molecule has 0 aliphatic carbocycles. The average Bonchev–Trinajstić information content (AvgIpc) is 2.46. The Morgan fingerprint density at radius 3 is 2.57 bits per heavy atom. The molecule has 0 saturated carbocycles. The summed E-state index contributed by atoms with van der Waals surface area (Å²) in [4.78, 5) is 11.0. The number of rotatable bonds is 5. The minimum atomic E-state index is -0.899. The maximum Gasteiger partial charge on any atom is 0.335 e. The third kappa shape index (κ3) is 4.29. The van der Waals surface area contributed by atoms with Crippen LogP contribution in [-0.2, 0) is 6.42 Å². The van der Waals surface area contributed by atoms with Crippen molar-refractivity contribution in [2.75, 3.05) is 0 Å². The van der Waals surface area contributed by atoms with Crippen LogP contribution in [0.15, 0.2) is 54.6 Å². The van der Waals surface area contributed by atoms with Gasteiger partial charge >= 0.3 is 5.97 Å². The molecule has 0 aliphatic heterocycles. The largest absolute Gasteiger partial charge is 0.478 e. The van der Waals surface area contributed by atoms with Crippen LogP contribution in [0, 0.1) is 6.92 Å². The molecule has 0 spiro atoms. The molecule has 0 fully saturated rings. The lowest BCUT2D eigenvalue weighted by atomic mass is 10.0. The number of aromatic carboxylic acids is 1. The van der Waals surface area contributed by atoms with Gasteiger partial charge < -0.3 is 10.8 Å². The summed E-state index contributed by atoms with van der Waals surface area (Å²) in [5.41, 5.74) is 9.33. The summed E-state index contributed by atoms with van der Waals surface area (Å²) < 4.78 is 0. The summed E-state index contributed by atoms with van der Waals surface area (Å²) in [6.07, 6.45) is 4.66. The molecule has 21 heavy (non-hydrogen) atoms. The van der Waals surface area contributed by atoms with Crippen molar-refractivity contribution in [3.05, 3.63) is 76.9 Å². The quantitative estimate of drug-likeness (QED) is 0.884. The van der Waals surface area contributed by atoms with Crippen molar-refractivity contribution in [1.82, 2.24) is 0 Å². The SMILES string of the molecule is Cc1cc(C=C[C@@H](N)Cc2ccccc2)ccc1C(=O)O. The van der Waals surface area contributed by atoms with Crippen molar-refractivity contribution < 1.29 is 9.90 Å². The molecule has 0 bridgehead atoms. The van der Waals surface area contributed by atoms with Crippen LogP contribution in [0.5, 0.6) is 0 Å². The van der Waals surface area contributed by atoms with Crippen LogP contribution in [0.2, 0.25) is 0 Å². The summed E-state index contributed by atoms with van der Waals surface area (Å²) in [7, 11) is 0. The van der Waals surface area contributed by atoms with E-state index in [-0.39, 0.29) is 6.04 Å². The zero-order valence-corrected chi connectivity index (χ0v) is 12.0. The lowest BCUT2D eigenvalue weighted by Crippen LogP contribution is -2.19. The number of carbonyl (C=O) groups is 1. The van der Waals surface area contributed by atoms with Crippen LogP contribution >= 0.6 is 0 Å². The van der Waals surface area contributed by atoms with Crippen molar-refractivity contribution in [1.29, 1.82) is 0 Å². The molecule has 0 aliphatic rings. The Hall–Kier alpha value is -2.39. The monoisotopic (exact) mass is 281 g/mol.